The molecule has 0 aromatic carbocycles. The SMILES string of the molecule is CCOC(=O)C12C(C#N)C(C)CCC1C2(C)C. The summed E-state index contributed by atoms with van der Waals surface area (Å²) in [6.07, 6.45) is 2.10. The number of esters is 1. The quantitative estimate of drug-likeness (QED) is 0.691. The number of hydrogen-bond acceptors (Lipinski definition) is 3. The van der Waals surface area contributed by atoms with Crippen molar-refractivity contribution in [2.75, 3.05) is 6.61 Å². The molecule has 2 fully saturated rings. The summed E-state index contributed by atoms with van der Waals surface area (Å²) in [6.45, 7) is 8.52. The number of carbonyl (C=O) groups excluding carboxylic acids is 1. The third kappa shape index (κ3) is 1.30. The van der Waals surface area contributed by atoms with E-state index in [-0.39, 0.29) is 17.3 Å². The molecular weight excluding hydrogens is 214 g/mol. The fourth-order valence-electron chi connectivity index (χ4n) is 4.17. The van der Waals surface area contributed by atoms with Gasteiger partial charge in [-0.2, -0.15) is 5.26 Å². The molecule has 17 heavy (non-hydrogen) atoms. The average Bonchev–Trinajstić information content (AvgIpc) is 2.77. The molecule has 0 radical (unpaired) electrons. The van der Waals surface area contributed by atoms with Gasteiger partial charge in [-0.15, -0.1) is 0 Å². The van der Waals surface area contributed by atoms with Crippen molar-refractivity contribution in [1.82, 2.24) is 0 Å². The predicted molar refractivity (Wildman–Crippen MR) is 63.8 cm³/mol. The Morgan fingerprint density at radius 2 is 2.12 bits per heavy atom. The normalized spacial score (nSPS) is 42.2. The molecule has 0 saturated heterocycles. The molecule has 2 aliphatic rings. The number of ether oxygens (including phenoxy) is 1. The third-order valence-corrected chi connectivity index (χ3v) is 5.13. The van der Waals surface area contributed by atoms with Crippen LogP contribution in [0.15, 0.2) is 0 Å². The van der Waals surface area contributed by atoms with Crippen LogP contribution in [0.4, 0.5) is 0 Å². The van der Waals surface area contributed by atoms with Crippen molar-refractivity contribution in [2.24, 2.45) is 28.6 Å². The summed E-state index contributed by atoms with van der Waals surface area (Å²) in [4.78, 5) is 12.3. The Bertz CT molecular complexity index is 382. The molecule has 0 aliphatic heterocycles. The lowest BCUT2D eigenvalue weighted by Crippen LogP contribution is -2.37. The van der Waals surface area contributed by atoms with Crippen LogP contribution in [-0.4, -0.2) is 12.6 Å². The van der Waals surface area contributed by atoms with Crippen molar-refractivity contribution in [3.8, 4) is 6.07 Å². The summed E-state index contributed by atoms with van der Waals surface area (Å²) < 4.78 is 5.25. The Kier molecular flexibility index (Phi) is 2.72. The number of hydrogen-bond donors (Lipinski definition) is 0. The van der Waals surface area contributed by atoms with Crippen LogP contribution in [0.5, 0.6) is 0 Å². The van der Waals surface area contributed by atoms with Gasteiger partial charge >= 0.3 is 5.97 Å². The van der Waals surface area contributed by atoms with E-state index in [0.717, 1.165) is 12.8 Å². The molecule has 0 N–H and O–H groups in total. The maximum atomic E-state index is 12.3. The van der Waals surface area contributed by atoms with Crippen LogP contribution in [0.3, 0.4) is 0 Å². The summed E-state index contributed by atoms with van der Waals surface area (Å²) in [7, 11) is 0. The van der Waals surface area contributed by atoms with Crippen molar-refractivity contribution in [1.29, 1.82) is 5.26 Å². The van der Waals surface area contributed by atoms with Crippen molar-refractivity contribution < 1.29 is 9.53 Å². The van der Waals surface area contributed by atoms with Gasteiger partial charge in [0, 0.05) is 0 Å². The van der Waals surface area contributed by atoms with E-state index in [1.807, 2.05) is 6.92 Å². The van der Waals surface area contributed by atoms with E-state index in [1.165, 1.54) is 0 Å². The van der Waals surface area contributed by atoms with Crippen molar-refractivity contribution in [3.63, 3.8) is 0 Å². The molecule has 0 aromatic rings. The van der Waals surface area contributed by atoms with Gasteiger partial charge in [0.1, 0.15) is 0 Å². The van der Waals surface area contributed by atoms with Crippen molar-refractivity contribution in [3.05, 3.63) is 0 Å². The first-order valence-electron chi connectivity index (χ1n) is 6.51. The molecule has 4 atom stereocenters. The Balaban J connectivity index is 2.39. The first-order valence-corrected chi connectivity index (χ1v) is 6.51. The third-order valence-electron chi connectivity index (χ3n) is 5.13. The molecule has 2 aliphatic carbocycles. The molecule has 3 nitrogen and oxygen atoms in total. The van der Waals surface area contributed by atoms with Crippen LogP contribution in [0.25, 0.3) is 0 Å². The van der Waals surface area contributed by atoms with Gasteiger partial charge in [-0.3, -0.25) is 4.79 Å². The number of nitriles is 1. The first-order chi connectivity index (χ1) is 7.94. The van der Waals surface area contributed by atoms with Crippen LogP contribution in [0, 0.1) is 39.9 Å². The predicted octanol–water partition coefficient (Wildman–Crippen LogP) is 2.76. The van der Waals surface area contributed by atoms with Gasteiger partial charge in [-0.05, 0) is 37.0 Å². The lowest BCUT2D eigenvalue weighted by atomic mass is 9.71. The van der Waals surface area contributed by atoms with Crippen molar-refractivity contribution in [2.45, 2.75) is 40.5 Å². The van der Waals surface area contributed by atoms with E-state index in [9.17, 15) is 10.1 Å². The summed E-state index contributed by atoms with van der Waals surface area (Å²) in [5.41, 5.74) is -0.611. The molecule has 0 amide bonds. The highest BCUT2D eigenvalue weighted by molar-refractivity contribution is 5.84. The van der Waals surface area contributed by atoms with Gasteiger partial charge < -0.3 is 4.74 Å². The van der Waals surface area contributed by atoms with Crippen LogP contribution in [-0.2, 0) is 9.53 Å². The molecule has 3 heteroatoms. The van der Waals surface area contributed by atoms with Crippen molar-refractivity contribution >= 4 is 5.97 Å². The van der Waals surface area contributed by atoms with Gasteiger partial charge in [0.15, 0.2) is 0 Å². The zero-order chi connectivity index (χ0) is 12.8. The molecule has 0 spiro atoms. The fourth-order valence-corrected chi connectivity index (χ4v) is 4.17. The minimum atomic E-state index is -0.532. The summed E-state index contributed by atoms with van der Waals surface area (Å²) in [5, 5.41) is 9.42. The largest absolute Gasteiger partial charge is 0.466 e. The Labute approximate surface area is 103 Å². The number of rotatable bonds is 2. The molecule has 4 unspecified atom stereocenters. The highest BCUT2D eigenvalue weighted by atomic mass is 16.5. The zero-order valence-electron chi connectivity index (χ0n) is 11.1. The molecule has 0 heterocycles. The van der Waals surface area contributed by atoms with Gasteiger partial charge in [0.05, 0.1) is 24.0 Å². The van der Waals surface area contributed by atoms with Crippen LogP contribution in [0.1, 0.15) is 40.5 Å². The summed E-state index contributed by atoms with van der Waals surface area (Å²) in [5.74, 6) is 0.292. The first kappa shape index (κ1) is 12.4. The van der Waals surface area contributed by atoms with Gasteiger partial charge in [0.2, 0.25) is 0 Å². The topological polar surface area (TPSA) is 50.1 Å². The lowest BCUT2D eigenvalue weighted by molar-refractivity contribution is -0.155. The van der Waals surface area contributed by atoms with Crippen LogP contribution in [0.2, 0.25) is 0 Å². The average molecular weight is 235 g/mol. The van der Waals surface area contributed by atoms with E-state index in [1.54, 1.807) is 0 Å². The fraction of sp³-hybridized carbons (Fsp3) is 0.857. The second-order valence-corrected chi connectivity index (χ2v) is 6.03. The highest BCUT2D eigenvalue weighted by Crippen LogP contribution is 2.77. The summed E-state index contributed by atoms with van der Waals surface area (Å²) >= 11 is 0. The lowest BCUT2D eigenvalue weighted by Gasteiger charge is -2.31. The number of carbonyl (C=O) groups is 1. The Morgan fingerprint density at radius 1 is 1.47 bits per heavy atom. The van der Waals surface area contributed by atoms with Gasteiger partial charge in [0.25, 0.3) is 0 Å². The smallest absolute Gasteiger partial charge is 0.314 e. The van der Waals surface area contributed by atoms with E-state index in [0.29, 0.717) is 18.4 Å². The number of fused-ring (bicyclic) bond motifs is 1. The van der Waals surface area contributed by atoms with Crippen LogP contribution >= 0.6 is 0 Å². The second-order valence-electron chi connectivity index (χ2n) is 6.03. The molecule has 2 saturated carbocycles. The second kappa shape index (κ2) is 3.73. The van der Waals surface area contributed by atoms with E-state index < -0.39 is 5.41 Å². The molecule has 0 aromatic heterocycles. The summed E-state index contributed by atoms with van der Waals surface area (Å²) in [6, 6.07) is 2.38. The maximum Gasteiger partial charge on any atom is 0.314 e. The standard InChI is InChI=1S/C14H21NO2/c1-5-17-12(16)14-10(8-15)9(2)6-7-11(14)13(14,3)4/h9-11H,5-7H2,1-4H3. The van der Waals surface area contributed by atoms with Gasteiger partial charge in [-0.1, -0.05) is 20.8 Å². The van der Waals surface area contributed by atoms with Gasteiger partial charge in [-0.25, -0.2) is 0 Å². The number of nitrogens with zero attached hydrogens (tertiary/aromatic N) is 1. The monoisotopic (exact) mass is 235 g/mol. The zero-order valence-corrected chi connectivity index (χ0v) is 11.1. The minimum Gasteiger partial charge on any atom is -0.466 e. The molecule has 2 rings (SSSR count). The van der Waals surface area contributed by atoms with E-state index in [4.69, 9.17) is 4.74 Å². The molecule has 94 valence electrons. The Hall–Kier alpha value is -1.04. The molecule has 0 bridgehead atoms. The highest BCUT2D eigenvalue weighted by Gasteiger charge is 2.80. The minimum absolute atomic E-state index is 0.0790. The Morgan fingerprint density at radius 3 is 2.65 bits per heavy atom. The van der Waals surface area contributed by atoms with Crippen LogP contribution < -0.4 is 0 Å². The molecular formula is C14H21NO2. The van der Waals surface area contributed by atoms with E-state index in [2.05, 4.69) is 26.8 Å². The van der Waals surface area contributed by atoms with E-state index >= 15 is 0 Å². The maximum absolute atomic E-state index is 12.3.